The summed E-state index contributed by atoms with van der Waals surface area (Å²) < 4.78 is 13.0. The van der Waals surface area contributed by atoms with Crippen LogP contribution >= 0.6 is 0 Å². The van der Waals surface area contributed by atoms with Gasteiger partial charge in [0, 0.05) is 17.8 Å². The minimum atomic E-state index is -0.353. The molecule has 2 rings (SSSR count). The molecule has 4 nitrogen and oxygen atoms in total. The highest BCUT2D eigenvalue weighted by Gasteiger charge is 2.21. The van der Waals surface area contributed by atoms with E-state index in [2.05, 4.69) is 22.9 Å². The largest absolute Gasteiger partial charge is 0.335 e. The predicted octanol–water partition coefficient (Wildman–Crippen LogP) is 2.87. The van der Waals surface area contributed by atoms with Gasteiger partial charge in [0.15, 0.2) is 0 Å². The third-order valence-corrected chi connectivity index (χ3v) is 3.64. The monoisotopic (exact) mass is 279 g/mol. The molecule has 1 saturated carbocycles. The Bertz CT molecular complexity index is 444. The van der Waals surface area contributed by atoms with Crippen LogP contribution in [0.25, 0.3) is 0 Å². The Hall–Kier alpha value is -1.62. The SMILES string of the molecule is CCNC1CCC(NC(=O)Nc2cccc(F)c2)CC1. The topological polar surface area (TPSA) is 53.2 Å². The lowest BCUT2D eigenvalue weighted by Crippen LogP contribution is -2.43. The third-order valence-electron chi connectivity index (χ3n) is 3.64. The van der Waals surface area contributed by atoms with Crippen molar-refractivity contribution >= 4 is 11.7 Å². The molecule has 5 heteroatoms. The van der Waals surface area contributed by atoms with Crippen molar-refractivity contribution in [1.29, 1.82) is 0 Å². The summed E-state index contributed by atoms with van der Waals surface area (Å²) in [4.78, 5) is 11.8. The molecule has 0 aromatic heterocycles. The van der Waals surface area contributed by atoms with Crippen molar-refractivity contribution < 1.29 is 9.18 Å². The number of nitrogens with one attached hydrogen (secondary N) is 3. The van der Waals surface area contributed by atoms with Crippen LogP contribution in [0.3, 0.4) is 0 Å². The normalized spacial score (nSPS) is 22.3. The number of carbonyl (C=O) groups is 1. The fourth-order valence-electron chi connectivity index (χ4n) is 2.65. The third kappa shape index (κ3) is 4.49. The van der Waals surface area contributed by atoms with Crippen LogP contribution in [0.4, 0.5) is 14.9 Å². The first kappa shape index (κ1) is 14.8. The van der Waals surface area contributed by atoms with Crippen LogP contribution in [0.2, 0.25) is 0 Å². The van der Waals surface area contributed by atoms with Crippen LogP contribution in [0.1, 0.15) is 32.6 Å². The Balaban J connectivity index is 1.75. The zero-order valence-corrected chi connectivity index (χ0v) is 11.8. The maximum absolute atomic E-state index is 13.0. The smallest absolute Gasteiger partial charge is 0.319 e. The van der Waals surface area contributed by atoms with Crippen LogP contribution in [0.15, 0.2) is 24.3 Å². The summed E-state index contributed by atoms with van der Waals surface area (Å²) in [5.41, 5.74) is 0.476. The number of urea groups is 1. The van der Waals surface area contributed by atoms with E-state index >= 15 is 0 Å². The van der Waals surface area contributed by atoms with Crippen molar-refractivity contribution in [3.05, 3.63) is 30.1 Å². The Labute approximate surface area is 119 Å². The number of benzene rings is 1. The molecule has 0 spiro atoms. The summed E-state index contributed by atoms with van der Waals surface area (Å²) in [6.07, 6.45) is 4.12. The van der Waals surface area contributed by atoms with E-state index in [-0.39, 0.29) is 17.9 Å². The van der Waals surface area contributed by atoms with E-state index in [0.29, 0.717) is 11.7 Å². The number of halogens is 1. The van der Waals surface area contributed by atoms with Crippen molar-refractivity contribution in [2.45, 2.75) is 44.7 Å². The minimum absolute atomic E-state index is 0.207. The molecular formula is C15H22FN3O. The van der Waals surface area contributed by atoms with Gasteiger partial charge in [0.2, 0.25) is 0 Å². The number of hydrogen-bond donors (Lipinski definition) is 3. The van der Waals surface area contributed by atoms with Crippen LogP contribution in [-0.2, 0) is 0 Å². The van der Waals surface area contributed by atoms with Crippen molar-refractivity contribution in [1.82, 2.24) is 10.6 Å². The van der Waals surface area contributed by atoms with Crippen molar-refractivity contribution in [2.24, 2.45) is 0 Å². The number of carbonyl (C=O) groups excluding carboxylic acids is 1. The fraction of sp³-hybridized carbons (Fsp3) is 0.533. The van der Waals surface area contributed by atoms with E-state index in [4.69, 9.17) is 0 Å². The molecule has 0 heterocycles. The quantitative estimate of drug-likeness (QED) is 0.794. The summed E-state index contributed by atoms with van der Waals surface area (Å²) in [6.45, 7) is 3.10. The predicted molar refractivity (Wildman–Crippen MR) is 78.3 cm³/mol. The molecule has 1 aromatic carbocycles. The zero-order valence-electron chi connectivity index (χ0n) is 11.8. The van der Waals surface area contributed by atoms with E-state index in [1.165, 1.54) is 12.1 Å². The van der Waals surface area contributed by atoms with Crippen LogP contribution in [0.5, 0.6) is 0 Å². The lowest BCUT2D eigenvalue weighted by atomic mass is 9.91. The molecule has 0 unspecified atom stereocenters. The van der Waals surface area contributed by atoms with Gasteiger partial charge >= 0.3 is 6.03 Å². The van der Waals surface area contributed by atoms with E-state index in [0.717, 1.165) is 32.2 Å². The van der Waals surface area contributed by atoms with Crippen molar-refractivity contribution in [2.75, 3.05) is 11.9 Å². The molecule has 1 fully saturated rings. The van der Waals surface area contributed by atoms with Gasteiger partial charge in [-0.25, -0.2) is 9.18 Å². The van der Waals surface area contributed by atoms with Crippen LogP contribution in [0, 0.1) is 5.82 Å². The zero-order chi connectivity index (χ0) is 14.4. The molecule has 1 aromatic rings. The summed E-state index contributed by atoms with van der Waals surface area (Å²) >= 11 is 0. The average Bonchev–Trinajstić information content (AvgIpc) is 2.41. The molecular weight excluding hydrogens is 257 g/mol. The van der Waals surface area contributed by atoms with Gasteiger partial charge in [0.05, 0.1) is 0 Å². The minimum Gasteiger partial charge on any atom is -0.335 e. The number of amides is 2. The molecule has 20 heavy (non-hydrogen) atoms. The first-order valence-corrected chi connectivity index (χ1v) is 7.24. The van der Waals surface area contributed by atoms with E-state index in [1.54, 1.807) is 12.1 Å². The van der Waals surface area contributed by atoms with Gasteiger partial charge < -0.3 is 16.0 Å². The highest BCUT2D eigenvalue weighted by atomic mass is 19.1. The number of hydrogen-bond acceptors (Lipinski definition) is 2. The van der Waals surface area contributed by atoms with Gasteiger partial charge in [-0.3, -0.25) is 0 Å². The Morgan fingerprint density at radius 1 is 1.25 bits per heavy atom. The maximum atomic E-state index is 13.0. The Kier molecular flexibility index (Phi) is 5.35. The molecule has 2 amide bonds. The maximum Gasteiger partial charge on any atom is 0.319 e. The van der Waals surface area contributed by atoms with E-state index < -0.39 is 0 Å². The molecule has 0 saturated heterocycles. The highest BCUT2D eigenvalue weighted by Crippen LogP contribution is 2.18. The number of rotatable bonds is 4. The van der Waals surface area contributed by atoms with Crippen molar-refractivity contribution in [3.63, 3.8) is 0 Å². The molecule has 1 aliphatic carbocycles. The fourth-order valence-corrected chi connectivity index (χ4v) is 2.65. The lowest BCUT2D eigenvalue weighted by Gasteiger charge is -2.29. The molecule has 0 radical (unpaired) electrons. The molecule has 0 aliphatic heterocycles. The molecule has 1 aliphatic rings. The molecule has 0 atom stereocenters. The van der Waals surface area contributed by atoms with Crippen LogP contribution in [-0.4, -0.2) is 24.7 Å². The van der Waals surface area contributed by atoms with Gasteiger partial charge in [-0.1, -0.05) is 13.0 Å². The number of anilines is 1. The first-order valence-electron chi connectivity index (χ1n) is 7.24. The second-order valence-electron chi connectivity index (χ2n) is 5.22. The Morgan fingerprint density at radius 2 is 1.95 bits per heavy atom. The van der Waals surface area contributed by atoms with Crippen LogP contribution < -0.4 is 16.0 Å². The summed E-state index contributed by atoms with van der Waals surface area (Å²) in [7, 11) is 0. The second kappa shape index (κ2) is 7.24. The van der Waals surface area contributed by atoms with Gasteiger partial charge in [0.25, 0.3) is 0 Å². The summed E-state index contributed by atoms with van der Waals surface area (Å²) in [6, 6.07) is 6.43. The van der Waals surface area contributed by atoms with E-state index in [9.17, 15) is 9.18 Å². The van der Waals surface area contributed by atoms with E-state index in [1.807, 2.05) is 0 Å². The Morgan fingerprint density at radius 3 is 2.60 bits per heavy atom. The second-order valence-corrected chi connectivity index (χ2v) is 5.22. The standard InChI is InChI=1S/C15H22FN3O/c1-2-17-12-6-8-13(9-7-12)18-15(20)19-14-5-3-4-11(16)10-14/h3-5,10,12-13,17H,2,6-9H2,1H3,(H2,18,19,20). The summed E-state index contributed by atoms with van der Waals surface area (Å²) in [5, 5.41) is 9.04. The lowest BCUT2D eigenvalue weighted by molar-refractivity contribution is 0.240. The molecule has 0 bridgehead atoms. The average molecular weight is 279 g/mol. The van der Waals surface area contributed by atoms with Crippen molar-refractivity contribution in [3.8, 4) is 0 Å². The molecule has 3 N–H and O–H groups in total. The summed E-state index contributed by atoms with van der Waals surface area (Å²) in [5.74, 6) is -0.353. The van der Waals surface area contributed by atoms with Gasteiger partial charge in [-0.05, 0) is 50.4 Å². The van der Waals surface area contributed by atoms with Gasteiger partial charge in [-0.15, -0.1) is 0 Å². The van der Waals surface area contributed by atoms with Gasteiger partial charge in [0.1, 0.15) is 5.82 Å². The first-order chi connectivity index (χ1) is 9.67. The van der Waals surface area contributed by atoms with Gasteiger partial charge in [-0.2, -0.15) is 0 Å². The molecule has 110 valence electrons. The highest BCUT2D eigenvalue weighted by molar-refractivity contribution is 5.89.